The van der Waals surface area contributed by atoms with Gasteiger partial charge in [-0.1, -0.05) is 18.6 Å². The minimum Gasteiger partial charge on any atom is -0.449 e. The van der Waals surface area contributed by atoms with Crippen LogP contribution in [0.2, 0.25) is 0 Å². The highest BCUT2D eigenvalue weighted by Crippen LogP contribution is 2.54. The number of aliphatic hydroxyl groups is 1. The molecule has 10 nitrogen and oxygen atoms in total. The van der Waals surface area contributed by atoms with Gasteiger partial charge in [-0.2, -0.15) is 0 Å². The third-order valence-corrected chi connectivity index (χ3v) is 6.74. The molecule has 0 radical (unpaired) electrons. The van der Waals surface area contributed by atoms with E-state index in [1.807, 2.05) is 6.08 Å². The molecule has 1 unspecified atom stereocenters. The molecule has 4 atom stereocenters. The van der Waals surface area contributed by atoms with E-state index in [4.69, 9.17) is 4.74 Å². The molecule has 30 heavy (non-hydrogen) atoms. The number of nitrogens with zero attached hydrogens (tertiary/aromatic N) is 3. The minimum atomic E-state index is -1.62. The van der Waals surface area contributed by atoms with Crippen LogP contribution in [0, 0.1) is 20.2 Å². The van der Waals surface area contributed by atoms with Gasteiger partial charge < -0.3 is 9.84 Å². The number of hydrogen-bond acceptors (Lipinski definition) is 8. The van der Waals surface area contributed by atoms with Crippen molar-refractivity contribution in [2.24, 2.45) is 0 Å². The molecule has 1 aromatic rings. The number of esters is 1. The molecule has 2 fully saturated rings. The number of piperidine rings is 1. The fraction of sp³-hybridized carbons (Fsp3) is 0.450. The van der Waals surface area contributed by atoms with Gasteiger partial charge in [-0.25, -0.2) is 4.79 Å². The summed E-state index contributed by atoms with van der Waals surface area (Å²) in [5, 5.41) is 33.5. The second kappa shape index (κ2) is 6.44. The molecule has 3 heterocycles. The van der Waals surface area contributed by atoms with Crippen LogP contribution in [0.5, 0.6) is 0 Å². The highest BCUT2D eigenvalue weighted by molar-refractivity contribution is 5.96. The number of carbonyl (C=O) groups excluding carboxylic acids is 1. The van der Waals surface area contributed by atoms with Crippen LogP contribution in [0.4, 0.5) is 11.4 Å². The number of fused-ring (bicyclic) bond motifs is 3. The average Bonchev–Trinajstić information content (AvgIpc) is 3.17. The van der Waals surface area contributed by atoms with E-state index in [0.717, 1.165) is 44.0 Å². The van der Waals surface area contributed by atoms with E-state index in [2.05, 4.69) is 4.90 Å². The predicted molar refractivity (Wildman–Crippen MR) is 102 cm³/mol. The van der Waals surface area contributed by atoms with Gasteiger partial charge in [0.2, 0.25) is 0 Å². The Kier molecular flexibility index (Phi) is 4.06. The monoisotopic (exact) mass is 413 g/mol. The largest absolute Gasteiger partial charge is 0.449 e. The van der Waals surface area contributed by atoms with Gasteiger partial charge in [0.1, 0.15) is 6.10 Å². The summed E-state index contributed by atoms with van der Waals surface area (Å²) in [4.78, 5) is 36.2. The second-order valence-corrected chi connectivity index (χ2v) is 8.15. The van der Waals surface area contributed by atoms with E-state index in [-0.39, 0.29) is 23.2 Å². The molecule has 2 saturated heterocycles. The second-order valence-electron chi connectivity index (χ2n) is 8.15. The minimum absolute atomic E-state index is 0.0155. The Hall–Kier alpha value is -3.11. The maximum Gasteiger partial charge on any atom is 0.338 e. The van der Waals surface area contributed by atoms with Crippen molar-refractivity contribution in [1.82, 2.24) is 4.90 Å². The highest BCUT2D eigenvalue weighted by Gasteiger charge is 2.62. The summed E-state index contributed by atoms with van der Waals surface area (Å²) in [6, 6.07) is 3.19. The Labute approximate surface area is 170 Å². The number of rotatable bonds is 4. The average molecular weight is 413 g/mol. The number of benzene rings is 1. The van der Waals surface area contributed by atoms with Crippen LogP contribution >= 0.6 is 0 Å². The summed E-state index contributed by atoms with van der Waals surface area (Å²) in [7, 11) is 0. The van der Waals surface area contributed by atoms with Crippen LogP contribution in [-0.4, -0.2) is 50.1 Å². The van der Waals surface area contributed by atoms with Crippen LogP contribution in [0.1, 0.15) is 37.4 Å². The number of nitro benzene ring substituents is 2. The van der Waals surface area contributed by atoms with Crippen molar-refractivity contribution >= 4 is 17.3 Å². The van der Waals surface area contributed by atoms with E-state index in [9.17, 15) is 30.1 Å². The summed E-state index contributed by atoms with van der Waals surface area (Å²) >= 11 is 0. The zero-order chi connectivity index (χ0) is 21.2. The van der Waals surface area contributed by atoms with Gasteiger partial charge in [-0.05, 0) is 25.5 Å². The fourth-order valence-electron chi connectivity index (χ4n) is 5.49. The summed E-state index contributed by atoms with van der Waals surface area (Å²) in [5.41, 5.74) is -1.54. The van der Waals surface area contributed by atoms with Crippen molar-refractivity contribution in [3.05, 3.63) is 67.3 Å². The summed E-state index contributed by atoms with van der Waals surface area (Å²) in [6.45, 7) is 0.915. The lowest BCUT2D eigenvalue weighted by Gasteiger charge is -2.37. The molecule has 1 aromatic carbocycles. The van der Waals surface area contributed by atoms with Crippen molar-refractivity contribution in [1.29, 1.82) is 0 Å². The molecule has 2 bridgehead atoms. The Bertz CT molecular complexity index is 1050. The first-order chi connectivity index (χ1) is 14.3. The van der Waals surface area contributed by atoms with Crippen molar-refractivity contribution in [2.45, 2.75) is 49.5 Å². The molecule has 1 N–H and O–H groups in total. The number of ether oxygens (including phenoxy) is 1. The van der Waals surface area contributed by atoms with Crippen LogP contribution in [0.15, 0.2) is 41.5 Å². The van der Waals surface area contributed by atoms with E-state index >= 15 is 0 Å². The molecule has 1 spiro atoms. The number of carbonyl (C=O) groups is 1. The maximum absolute atomic E-state index is 12.9. The zero-order valence-electron chi connectivity index (χ0n) is 15.9. The van der Waals surface area contributed by atoms with Crippen LogP contribution < -0.4 is 0 Å². The SMILES string of the molecule is O=C1O[C@@]23C[C@@H](C=CC2=C1C(O)c1ccc([N+](=O)[O-])cc1[N+](=O)[O-])N1CCCC[C@@H]13. The number of nitro groups is 2. The van der Waals surface area contributed by atoms with Crippen molar-refractivity contribution < 1.29 is 24.5 Å². The van der Waals surface area contributed by atoms with Gasteiger partial charge in [0.25, 0.3) is 11.4 Å². The lowest BCUT2D eigenvalue weighted by atomic mass is 9.78. The third kappa shape index (κ3) is 2.47. The van der Waals surface area contributed by atoms with Crippen LogP contribution in [0.25, 0.3) is 0 Å². The summed E-state index contributed by atoms with van der Waals surface area (Å²) in [5.74, 6) is -0.692. The van der Waals surface area contributed by atoms with Gasteiger partial charge in [0, 0.05) is 24.1 Å². The lowest BCUT2D eigenvalue weighted by molar-refractivity contribution is -0.394. The van der Waals surface area contributed by atoms with Gasteiger partial charge in [-0.15, -0.1) is 0 Å². The molecular formula is C20H19N3O7. The fourth-order valence-corrected chi connectivity index (χ4v) is 5.49. The van der Waals surface area contributed by atoms with Crippen molar-refractivity contribution in [3.63, 3.8) is 0 Å². The molecule has 0 saturated carbocycles. The van der Waals surface area contributed by atoms with Gasteiger partial charge in [-0.3, -0.25) is 25.1 Å². The summed E-state index contributed by atoms with van der Waals surface area (Å²) < 4.78 is 5.89. The highest BCUT2D eigenvalue weighted by atomic mass is 16.6. The van der Waals surface area contributed by atoms with Crippen molar-refractivity contribution in [3.8, 4) is 0 Å². The number of aliphatic hydroxyl groups excluding tert-OH is 1. The van der Waals surface area contributed by atoms with E-state index in [1.54, 1.807) is 6.08 Å². The third-order valence-electron chi connectivity index (χ3n) is 6.74. The summed E-state index contributed by atoms with van der Waals surface area (Å²) in [6.07, 6.45) is 5.75. The number of non-ortho nitro benzene ring substituents is 1. The first-order valence-corrected chi connectivity index (χ1v) is 9.86. The van der Waals surface area contributed by atoms with E-state index in [0.29, 0.717) is 12.0 Å². The molecule has 0 amide bonds. The Morgan fingerprint density at radius 1 is 1.23 bits per heavy atom. The lowest BCUT2D eigenvalue weighted by Crippen LogP contribution is -2.48. The molecule has 0 aromatic heterocycles. The number of hydrogen-bond donors (Lipinski definition) is 1. The Morgan fingerprint density at radius 3 is 2.77 bits per heavy atom. The molecular weight excluding hydrogens is 394 g/mol. The van der Waals surface area contributed by atoms with Crippen LogP contribution in [0.3, 0.4) is 0 Å². The molecule has 3 aliphatic heterocycles. The van der Waals surface area contributed by atoms with Gasteiger partial charge in [0.15, 0.2) is 5.60 Å². The van der Waals surface area contributed by atoms with E-state index < -0.39 is 38.9 Å². The maximum atomic E-state index is 12.9. The van der Waals surface area contributed by atoms with Gasteiger partial charge >= 0.3 is 5.97 Å². The zero-order valence-corrected chi connectivity index (χ0v) is 15.9. The molecule has 4 aliphatic rings. The molecule has 10 heteroatoms. The first-order valence-electron chi connectivity index (χ1n) is 9.86. The standard InChI is InChI=1S/C20H19N3O7/c24-18(13-6-4-11(22(26)27)9-15(13)23(28)29)17-14-7-5-12-10-20(14,30-19(17)25)16-3-1-2-8-21(12)16/h4-7,9,12,16,18,24H,1-3,8,10H2/t12-,16-,18?,20+/m1/s1. The Balaban J connectivity index is 1.62. The van der Waals surface area contributed by atoms with E-state index in [1.165, 1.54) is 0 Å². The topological polar surface area (TPSA) is 136 Å². The predicted octanol–water partition coefficient (Wildman–Crippen LogP) is 2.33. The first kappa shape index (κ1) is 18.9. The molecule has 1 aliphatic carbocycles. The normalized spacial score (nSPS) is 30.6. The Morgan fingerprint density at radius 2 is 2.03 bits per heavy atom. The van der Waals surface area contributed by atoms with Gasteiger partial charge in [0.05, 0.1) is 33.1 Å². The van der Waals surface area contributed by atoms with Crippen molar-refractivity contribution in [2.75, 3.05) is 6.54 Å². The molecule has 156 valence electrons. The smallest absolute Gasteiger partial charge is 0.338 e. The van der Waals surface area contributed by atoms with Crippen LogP contribution in [-0.2, 0) is 9.53 Å². The molecule has 5 rings (SSSR count). The quantitative estimate of drug-likeness (QED) is 0.451.